The summed E-state index contributed by atoms with van der Waals surface area (Å²) in [5, 5.41) is 5.35. The standard InChI is InChI=1S/C8H9N3.H3N/c1-6-7-4-3-5-9-8(7)10-11(6)2;/h3-5H,1-2H3;1H3. The molecule has 4 heteroatoms. The third-order valence-electron chi connectivity index (χ3n) is 1.91. The van der Waals surface area contributed by atoms with Crippen molar-refractivity contribution in [1.82, 2.24) is 20.9 Å². The molecular formula is C8H12N4. The van der Waals surface area contributed by atoms with Crippen LogP contribution >= 0.6 is 0 Å². The van der Waals surface area contributed by atoms with E-state index in [0.717, 1.165) is 16.7 Å². The van der Waals surface area contributed by atoms with Gasteiger partial charge in [-0.1, -0.05) is 0 Å². The number of pyridine rings is 1. The lowest BCUT2D eigenvalue weighted by Crippen LogP contribution is -1.91. The molecule has 0 aromatic carbocycles. The third-order valence-corrected chi connectivity index (χ3v) is 1.91. The number of nitrogens with zero attached hydrogens (tertiary/aromatic N) is 3. The molecule has 0 aliphatic rings. The molecule has 0 saturated carbocycles. The molecule has 0 aliphatic heterocycles. The van der Waals surface area contributed by atoms with Crippen LogP contribution in [0.4, 0.5) is 0 Å². The molecule has 2 aromatic heterocycles. The Labute approximate surface area is 70.8 Å². The number of hydrogen-bond acceptors (Lipinski definition) is 3. The molecule has 0 saturated heterocycles. The smallest absolute Gasteiger partial charge is 0.181 e. The Kier molecular flexibility index (Phi) is 2.10. The predicted octanol–water partition coefficient (Wildman–Crippen LogP) is 1.44. The number of fused-ring (bicyclic) bond motifs is 1. The molecule has 64 valence electrons. The second kappa shape index (κ2) is 2.91. The van der Waals surface area contributed by atoms with Gasteiger partial charge in [-0.15, -0.1) is 0 Å². The largest absolute Gasteiger partial charge is 0.344 e. The highest BCUT2D eigenvalue weighted by molar-refractivity contribution is 5.77. The number of hydrogen-bond donors (Lipinski definition) is 1. The maximum absolute atomic E-state index is 4.22. The molecule has 0 unspecified atom stereocenters. The van der Waals surface area contributed by atoms with Gasteiger partial charge in [-0.25, -0.2) is 4.98 Å². The Hall–Kier alpha value is -1.42. The van der Waals surface area contributed by atoms with Crippen molar-refractivity contribution < 1.29 is 0 Å². The molecule has 4 nitrogen and oxygen atoms in total. The van der Waals surface area contributed by atoms with Gasteiger partial charge in [-0.05, 0) is 19.1 Å². The van der Waals surface area contributed by atoms with E-state index in [1.54, 1.807) is 6.20 Å². The van der Waals surface area contributed by atoms with Gasteiger partial charge in [0.15, 0.2) is 5.65 Å². The lowest BCUT2D eigenvalue weighted by Gasteiger charge is -1.89. The van der Waals surface area contributed by atoms with Gasteiger partial charge < -0.3 is 6.15 Å². The van der Waals surface area contributed by atoms with Crippen LogP contribution in [0, 0.1) is 6.92 Å². The van der Waals surface area contributed by atoms with E-state index in [9.17, 15) is 0 Å². The highest BCUT2D eigenvalue weighted by Gasteiger charge is 2.02. The zero-order chi connectivity index (χ0) is 7.84. The van der Waals surface area contributed by atoms with Gasteiger partial charge in [0.05, 0.1) is 0 Å². The monoisotopic (exact) mass is 164 g/mol. The molecule has 0 amide bonds. The van der Waals surface area contributed by atoms with Crippen LogP contribution in [0.25, 0.3) is 11.0 Å². The summed E-state index contributed by atoms with van der Waals surface area (Å²) < 4.78 is 1.84. The third kappa shape index (κ3) is 1.06. The lowest BCUT2D eigenvalue weighted by atomic mass is 10.3. The summed E-state index contributed by atoms with van der Waals surface area (Å²) in [7, 11) is 1.93. The zero-order valence-corrected chi connectivity index (χ0v) is 7.28. The van der Waals surface area contributed by atoms with Crippen molar-refractivity contribution >= 4 is 11.0 Å². The maximum atomic E-state index is 4.22. The van der Waals surface area contributed by atoms with Crippen molar-refractivity contribution in [2.24, 2.45) is 7.05 Å². The summed E-state index contributed by atoms with van der Waals surface area (Å²) in [5.41, 5.74) is 1.99. The lowest BCUT2D eigenvalue weighted by molar-refractivity contribution is 0.748. The predicted molar refractivity (Wildman–Crippen MR) is 48.3 cm³/mol. The van der Waals surface area contributed by atoms with E-state index in [4.69, 9.17) is 0 Å². The van der Waals surface area contributed by atoms with E-state index in [0.29, 0.717) is 0 Å². The van der Waals surface area contributed by atoms with Gasteiger partial charge in [-0.3, -0.25) is 4.68 Å². The molecule has 0 spiro atoms. The van der Waals surface area contributed by atoms with Crippen LogP contribution in [0.2, 0.25) is 0 Å². The Morgan fingerprint density at radius 3 is 2.83 bits per heavy atom. The fourth-order valence-corrected chi connectivity index (χ4v) is 1.15. The molecule has 0 bridgehead atoms. The maximum Gasteiger partial charge on any atom is 0.181 e. The molecule has 0 fully saturated rings. The minimum Gasteiger partial charge on any atom is -0.344 e. The summed E-state index contributed by atoms with van der Waals surface area (Å²) >= 11 is 0. The Balaban J connectivity index is 0.000000720. The summed E-state index contributed by atoms with van der Waals surface area (Å²) in [6, 6.07) is 3.96. The van der Waals surface area contributed by atoms with E-state index >= 15 is 0 Å². The Morgan fingerprint density at radius 2 is 2.17 bits per heavy atom. The van der Waals surface area contributed by atoms with Crippen molar-refractivity contribution in [2.45, 2.75) is 6.92 Å². The van der Waals surface area contributed by atoms with Gasteiger partial charge >= 0.3 is 0 Å². The average molecular weight is 164 g/mol. The van der Waals surface area contributed by atoms with Crippen LogP contribution in [0.3, 0.4) is 0 Å². The number of aryl methyl sites for hydroxylation is 2. The van der Waals surface area contributed by atoms with Crippen LogP contribution in [-0.4, -0.2) is 14.8 Å². The second-order valence-corrected chi connectivity index (χ2v) is 2.58. The zero-order valence-electron chi connectivity index (χ0n) is 7.28. The molecule has 0 aliphatic carbocycles. The molecule has 12 heavy (non-hydrogen) atoms. The summed E-state index contributed by atoms with van der Waals surface area (Å²) in [6.07, 6.45) is 1.76. The van der Waals surface area contributed by atoms with E-state index in [-0.39, 0.29) is 6.15 Å². The van der Waals surface area contributed by atoms with Gasteiger partial charge in [-0.2, -0.15) is 5.10 Å². The summed E-state index contributed by atoms with van der Waals surface area (Å²) in [4.78, 5) is 4.13. The fraction of sp³-hybridized carbons (Fsp3) is 0.250. The van der Waals surface area contributed by atoms with Gasteiger partial charge in [0.2, 0.25) is 0 Å². The summed E-state index contributed by atoms with van der Waals surface area (Å²) in [5.74, 6) is 0. The van der Waals surface area contributed by atoms with E-state index in [1.807, 2.05) is 30.8 Å². The van der Waals surface area contributed by atoms with Crippen LogP contribution in [-0.2, 0) is 7.05 Å². The molecule has 2 heterocycles. The minimum atomic E-state index is 0. The molecule has 2 aromatic rings. The van der Waals surface area contributed by atoms with E-state index in [2.05, 4.69) is 10.1 Å². The van der Waals surface area contributed by atoms with Gasteiger partial charge in [0.1, 0.15) is 0 Å². The SMILES string of the molecule is Cc1c2cccnc2nn1C.N. The van der Waals surface area contributed by atoms with Crippen molar-refractivity contribution in [2.75, 3.05) is 0 Å². The molecule has 0 radical (unpaired) electrons. The van der Waals surface area contributed by atoms with Gasteiger partial charge in [0, 0.05) is 24.3 Å². The molecular weight excluding hydrogens is 152 g/mol. The molecule has 2 rings (SSSR count). The van der Waals surface area contributed by atoms with Crippen LogP contribution < -0.4 is 6.15 Å². The first-order valence-corrected chi connectivity index (χ1v) is 3.53. The number of rotatable bonds is 0. The first-order valence-electron chi connectivity index (χ1n) is 3.53. The number of aromatic nitrogens is 3. The first kappa shape index (κ1) is 8.67. The normalized spacial score (nSPS) is 9.83. The van der Waals surface area contributed by atoms with Crippen molar-refractivity contribution in [3.05, 3.63) is 24.0 Å². The highest BCUT2D eigenvalue weighted by atomic mass is 15.3. The topological polar surface area (TPSA) is 65.7 Å². The fourth-order valence-electron chi connectivity index (χ4n) is 1.15. The quantitative estimate of drug-likeness (QED) is 0.640. The Bertz CT molecular complexity index is 391. The minimum absolute atomic E-state index is 0. The average Bonchev–Trinajstić information content (AvgIpc) is 2.30. The van der Waals surface area contributed by atoms with Crippen LogP contribution in [0.1, 0.15) is 5.69 Å². The molecule has 3 N–H and O–H groups in total. The van der Waals surface area contributed by atoms with Gasteiger partial charge in [0.25, 0.3) is 0 Å². The van der Waals surface area contributed by atoms with E-state index < -0.39 is 0 Å². The first-order chi connectivity index (χ1) is 5.29. The second-order valence-electron chi connectivity index (χ2n) is 2.58. The molecule has 0 atom stereocenters. The van der Waals surface area contributed by atoms with Crippen molar-refractivity contribution in [3.63, 3.8) is 0 Å². The van der Waals surface area contributed by atoms with E-state index in [1.165, 1.54) is 0 Å². The van der Waals surface area contributed by atoms with Crippen LogP contribution in [0.5, 0.6) is 0 Å². The Morgan fingerprint density at radius 1 is 1.42 bits per heavy atom. The van der Waals surface area contributed by atoms with Crippen LogP contribution in [0.15, 0.2) is 18.3 Å². The van der Waals surface area contributed by atoms with Crippen molar-refractivity contribution in [1.29, 1.82) is 0 Å². The highest BCUT2D eigenvalue weighted by Crippen LogP contribution is 2.12. The van der Waals surface area contributed by atoms with Crippen molar-refractivity contribution in [3.8, 4) is 0 Å². The summed E-state index contributed by atoms with van der Waals surface area (Å²) in [6.45, 7) is 2.04.